The van der Waals surface area contributed by atoms with Crippen molar-refractivity contribution in [2.75, 3.05) is 11.4 Å². The molecule has 1 atom stereocenters. The zero-order chi connectivity index (χ0) is 16.5. The molecule has 0 bridgehead atoms. The lowest BCUT2D eigenvalue weighted by Crippen LogP contribution is -2.36. The molecule has 0 aliphatic carbocycles. The molecule has 2 aliphatic rings. The number of nitrogens with zero attached hydrogens (tertiary/aromatic N) is 6. The highest BCUT2D eigenvalue weighted by Crippen LogP contribution is 2.34. The number of piperidine rings is 1. The van der Waals surface area contributed by atoms with Crippen LogP contribution in [0.5, 0.6) is 0 Å². The van der Waals surface area contributed by atoms with E-state index in [4.69, 9.17) is 0 Å². The molecule has 24 heavy (non-hydrogen) atoms. The second-order valence-electron chi connectivity index (χ2n) is 6.42. The van der Waals surface area contributed by atoms with Gasteiger partial charge in [0.1, 0.15) is 17.8 Å². The van der Waals surface area contributed by atoms with Crippen molar-refractivity contribution in [3.8, 4) is 0 Å². The number of aryl methyl sites for hydroxylation is 1. The third-order valence-corrected chi connectivity index (χ3v) is 4.93. The van der Waals surface area contributed by atoms with Crippen LogP contribution in [0.3, 0.4) is 0 Å². The second kappa shape index (κ2) is 6.18. The van der Waals surface area contributed by atoms with Crippen molar-refractivity contribution < 1.29 is 4.92 Å². The highest BCUT2D eigenvalue weighted by Gasteiger charge is 2.31. The number of hydrogen-bond acceptors (Lipinski definition) is 6. The average Bonchev–Trinajstić information content (AvgIpc) is 3.06. The summed E-state index contributed by atoms with van der Waals surface area (Å²) < 4.78 is 2.26. The molecule has 126 valence electrons. The maximum absolute atomic E-state index is 10.8. The first-order chi connectivity index (χ1) is 11.7. The smallest absolute Gasteiger partial charge is 0.287 e. The zero-order valence-electron chi connectivity index (χ0n) is 13.5. The van der Waals surface area contributed by atoms with E-state index >= 15 is 0 Å². The van der Waals surface area contributed by atoms with Crippen molar-refractivity contribution >= 4 is 11.5 Å². The third-order valence-electron chi connectivity index (χ3n) is 4.93. The van der Waals surface area contributed by atoms with Gasteiger partial charge in [-0.25, -0.2) is 4.98 Å². The van der Waals surface area contributed by atoms with E-state index in [1.54, 1.807) is 6.07 Å². The van der Waals surface area contributed by atoms with Gasteiger partial charge in [0.2, 0.25) is 0 Å². The summed E-state index contributed by atoms with van der Waals surface area (Å²) in [4.78, 5) is 17.0. The van der Waals surface area contributed by atoms with E-state index in [9.17, 15) is 10.1 Å². The van der Waals surface area contributed by atoms with Gasteiger partial charge in [0.25, 0.3) is 5.69 Å². The van der Waals surface area contributed by atoms with Crippen molar-refractivity contribution in [3.05, 3.63) is 40.1 Å². The Morgan fingerprint density at radius 2 is 2.00 bits per heavy atom. The molecule has 8 heteroatoms. The van der Waals surface area contributed by atoms with E-state index in [1.807, 2.05) is 0 Å². The molecule has 0 saturated carbocycles. The Kier molecular flexibility index (Phi) is 3.87. The first kappa shape index (κ1) is 15.0. The Bertz CT molecular complexity index is 742. The van der Waals surface area contributed by atoms with Crippen molar-refractivity contribution in [1.82, 2.24) is 19.7 Å². The topological polar surface area (TPSA) is 90.0 Å². The van der Waals surface area contributed by atoms with Crippen molar-refractivity contribution in [2.45, 2.75) is 51.1 Å². The Labute approximate surface area is 139 Å². The molecule has 4 rings (SSSR count). The van der Waals surface area contributed by atoms with E-state index in [2.05, 4.69) is 24.6 Å². The van der Waals surface area contributed by atoms with Gasteiger partial charge in [-0.2, -0.15) is 0 Å². The number of anilines is 1. The Balaban J connectivity index is 1.66. The fraction of sp³-hybridized carbons (Fsp3) is 0.562. The number of hydrogen-bond donors (Lipinski definition) is 0. The molecule has 1 fully saturated rings. The van der Waals surface area contributed by atoms with Gasteiger partial charge in [0.15, 0.2) is 5.82 Å². The van der Waals surface area contributed by atoms with Gasteiger partial charge in [0.05, 0.1) is 11.0 Å². The SMILES string of the molecule is O=[N+]([O-])c1ccc(N2CCCC[C@@H]2c2nnc3n2CCCC3)nc1. The molecular weight excluding hydrogens is 308 g/mol. The summed E-state index contributed by atoms with van der Waals surface area (Å²) in [5.41, 5.74) is 0.0205. The fourth-order valence-corrected chi connectivity index (χ4v) is 3.71. The number of rotatable bonds is 3. The summed E-state index contributed by atoms with van der Waals surface area (Å²) in [5.74, 6) is 2.88. The summed E-state index contributed by atoms with van der Waals surface area (Å²) >= 11 is 0. The van der Waals surface area contributed by atoms with Crippen molar-refractivity contribution in [2.24, 2.45) is 0 Å². The molecule has 0 unspecified atom stereocenters. The molecule has 1 saturated heterocycles. The van der Waals surface area contributed by atoms with E-state index in [0.29, 0.717) is 0 Å². The van der Waals surface area contributed by atoms with Crippen LogP contribution in [0.2, 0.25) is 0 Å². The highest BCUT2D eigenvalue weighted by atomic mass is 16.6. The lowest BCUT2D eigenvalue weighted by molar-refractivity contribution is -0.385. The normalized spacial score (nSPS) is 20.7. The van der Waals surface area contributed by atoms with Crippen molar-refractivity contribution in [1.29, 1.82) is 0 Å². The van der Waals surface area contributed by atoms with Gasteiger partial charge in [-0.1, -0.05) is 0 Å². The predicted molar refractivity (Wildman–Crippen MR) is 87.8 cm³/mol. The lowest BCUT2D eigenvalue weighted by atomic mass is 10.0. The van der Waals surface area contributed by atoms with Crippen LogP contribution in [0.4, 0.5) is 11.5 Å². The quantitative estimate of drug-likeness (QED) is 0.635. The van der Waals surface area contributed by atoms with Crippen LogP contribution in [-0.2, 0) is 13.0 Å². The van der Waals surface area contributed by atoms with Crippen LogP contribution in [-0.4, -0.2) is 31.2 Å². The van der Waals surface area contributed by atoms with Gasteiger partial charge < -0.3 is 9.47 Å². The van der Waals surface area contributed by atoms with Crippen LogP contribution in [0.1, 0.15) is 49.8 Å². The Morgan fingerprint density at radius 1 is 1.12 bits per heavy atom. The van der Waals surface area contributed by atoms with Crippen LogP contribution in [0.25, 0.3) is 0 Å². The van der Waals surface area contributed by atoms with Gasteiger partial charge in [0, 0.05) is 25.6 Å². The van der Waals surface area contributed by atoms with E-state index in [-0.39, 0.29) is 11.7 Å². The molecule has 2 aromatic rings. The minimum Gasteiger partial charge on any atom is -0.346 e. The number of nitro groups is 1. The van der Waals surface area contributed by atoms with Gasteiger partial charge in [-0.05, 0) is 38.2 Å². The minimum atomic E-state index is -0.417. The molecule has 0 spiro atoms. The first-order valence-electron chi connectivity index (χ1n) is 8.53. The number of fused-ring (bicyclic) bond motifs is 1. The number of aromatic nitrogens is 4. The summed E-state index contributed by atoms with van der Waals surface area (Å²) in [7, 11) is 0. The molecule has 2 aromatic heterocycles. The highest BCUT2D eigenvalue weighted by molar-refractivity contribution is 5.45. The Morgan fingerprint density at radius 3 is 2.79 bits per heavy atom. The van der Waals surface area contributed by atoms with Crippen LogP contribution >= 0.6 is 0 Å². The maximum Gasteiger partial charge on any atom is 0.287 e. The van der Waals surface area contributed by atoms with Gasteiger partial charge in [-0.15, -0.1) is 10.2 Å². The van der Waals surface area contributed by atoms with Crippen LogP contribution in [0, 0.1) is 10.1 Å². The minimum absolute atomic E-state index is 0.0205. The summed E-state index contributed by atoms with van der Waals surface area (Å²) in [6.07, 6.45) is 7.93. The first-order valence-corrected chi connectivity index (χ1v) is 8.53. The molecule has 4 heterocycles. The second-order valence-corrected chi connectivity index (χ2v) is 6.42. The van der Waals surface area contributed by atoms with Crippen molar-refractivity contribution in [3.63, 3.8) is 0 Å². The maximum atomic E-state index is 10.8. The fourth-order valence-electron chi connectivity index (χ4n) is 3.71. The monoisotopic (exact) mass is 328 g/mol. The van der Waals surface area contributed by atoms with Crippen LogP contribution in [0.15, 0.2) is 18.3 Å². The molecule has 0 amide bonds. The molecule has 8 nitrogen and oxygen atoms in total. The van der Waals surface area contributed by atoms with E-state index in [0.717, 1.165) is 56.2 Å². The van der Waals surface area contributed by atoms with Crippen LogP contribution < -0.4 is 4.90 Å². The zero-order valence-corrected chi connectivity index (χ0v) is 13.5. The summed E-state index contributed by atoms with van der Waals surface area (Å²) in [6.45, 7) is 1.87. The summed E-state index contributed by atoms with van der Waals surface area (Å²) in [5, 5.41) is 19.7. The molecule has 0 N–H and O–H groups in total. The molecular formula is C16H20N6O2. The standard InChI is InChI=1S/C16H20N6O2/c23-22(24)12-7-8-14(17-11-12)20-9-3-1-5-13(20)16-19-18-15-6-2-4-10-21(15)16/h7-8,11,13H,1-6,9-10H2/t13-/m1/s1. The molecule has 0 aromatic carbocycles. The van der Waals surface area contributed by atoms with E-state index < -0.39 is 4.92 Å². The molecule has 0 radical (unpaired) electrons. The largest absolute Gasteiger partial charge is 0.346 e. The predicted octanol–water partition coefficient (Wildman–Crippen LogP) is 2.65. The van der Waals surface area contributed by atoms with Gasteiger partial charge >= 0.3 is 0 Å². The lowest BCUT2D eigenvalue weighted by Gasteiger charge is -2.36. The van der Waals surface area contributed by atoms with E-state index in [1.165, 1.54) is 25.1 Å². The third kappa shape index (κ3) is 2.61. The average molecular weight is 328 g/mol. The molecule has 2 aliphatic heterocycles. The number of pyridine rings is 1. The Hall–Kier alpha value is -2.51. The summed E-state index contributed by atoms with van der Waals surface area (Å²) in [6, 6.07) is 3.41. The van der Waals surface area contributed by atoms with Gasteiger partial charge in [-0.3, -0.25) is 10.1 Å².